The Hall–Kier alpha value is -0.460. The number of aliphatic hydroxyl groups is 1. The van der Waals surface area contributed by atoms with Gasteiger partial charge in [-0.15, -0.1) is 0 Å². The molecular formula is C19H33N3OS. The topological polar surface area (TPSA) is 30.0 Å². The lowest BCUT2D eigenvalue weighted by Gasteiger charge is -2.51. The molecule has 2 saturated heterocycles. The fourth-order valence-electron chi connectivity index (χ4n) is 4.39. The smallest absolute Gasteiger partial charge is 0.0928 e. The second-order valence-corrected chi connectivity index (χ2v) is 8.68. The van der Waals surface area contributed by atoms with Crippen LogP contribution in [0.2, 0.25) is 0 Å². The Morgan fingerprint density at radius 2 is 2.08 bits per heavy atom. The van der Waals surface area contributed by atoms with Crippen LogP contribution in [0.4, 0.5) is 0 Å². The summed E-state index contributed by atoms with van der Waals surface area (Å²) >= 11 is 1.76. The van der Waals surface area contributed by atoms with E-state index >= 15 is 0 Å². The van der Waals surface area contributed by atoms with Crippen molar-refractivity contribution in [3.63, 3.8) is 0 Å². The van der Waals surface area contributed by atoms with Crippen molar-refractivity contribution >= 4 is 11.3 Å². The fourth-order valence-corrected chi connectivity index (χ4v) is 5.05. The first-order valence-corrected chi connectivity index (χ1v) is 10.4. The second-order valence-electron chi connectivity index (χ2n) is 7.90. The van der Waals surface area contributed by atoms with E-state index in [-0.39, 0.29) is 0 Å². The quantitative estimate of drug-likeness (QED) is 0.817. The minimum absolute atomic E-state index is 0.365. The molecule has 5 heteroatoms. The van der Waals surface area contributed by atoms with E-state index in [0.717, 1.165) is 45.4 Å². The molecule has 2 aliphatic heterocycles. The van der Waals surface area contributed by atoms with Crippen LogP contribution < -0.4 is 0 Å². The minimum Gasteiger partial charge on any atom is -0.387 e. The summed E-state index contributed by atoms with van der Waals surface area (Å²) in [5.74, 6) is 0. The van der Waals surface area contributed by atoms with Crippen molar-refractivity contribution in [2.75, 3.05) is 46.8 Å². The van der Waals surface area contributed by atoms with E-state index in [1.165, 1.54) is 31.5 Å². The summed E-state index contributed by atoms with van der Waals surface area (Å²) in [6.07, 6.45) is 5.82. The lowest BCUT2D eigenvalue weighted by atomic mass is 9.79. The van der Waals surface area contributed by atoms with Gasteiger partial charge < -0.3 is 10.0 Å². The van der Waals surface area contributed by atoms with Crippen LogP contribution in [0.5, 0.6) is 0 Å². The van der Waals surface area contributed by atoms with Crippen molar-refractivity contribution in [2.24, 2.45) is 0 Å². The molecular weight excluding hydrogens is 318 g/mol. The van der Waals surface area contributed by atoms with Crippen LogP contribution in [0.1, 0.15) is 37.7 Å². The summed E-state index contributed by atoms with van der Waals surface area (Å²) in [5, 5.41) is 15.9. The van der Waals surface area contributed by atoms with Crippen LogP contribution in [-0.2, 0) is 6.54 Å². The van der Waals surface area contributed by atoms with Gasteiger partial charge in [0, 0.05) is 32.2 Å². The van der Waals surface area contributed by atoms with Gasteiger partial charge in [0.1, 0.15) is 0 Å². The van der Waals surface area contributed by atoms with Crippen LogP contribution in [0.25, 0.3) is 0 Å². The average molecular weight is 352 g/mol. The Morgan fingerprint density at radius 1 is 1.25 bits per heavy atom. The van der Waals surface area contributed by atoms with E-state index in [1.54, 1.807) is 11.3 Å². The highest BCUT2D eigenvalue weighted by Gasteiger charge is 2.44. The van der Waals surface area contributed by atoms with Crippen molar-refractivity contribution < 1.29 is 5.11 Å². The summed E-state index contributed by atoms with van der Waals surface area (Å²) in [7, 11) is 4.25. The van der Waals surface area contributed by atoms with Gasteiger partial charge in [0.25, 0.3) is 0 Å². The van der Waals surface area contributed by atoms with Crippen molar-refractivity contribution in [1.29, 1.82) is 0 Å². The Morgan fingerprint density at radius 3 is 2.83 bits per heavy atom. The summed E-state index contributed by atoms with van der Waals surface area (Å²) in [5.41, 5.74) is 0.833. The van der Waals surface area contributed by atoms with Gasteiger partial charge in [-0.2, -0.15) is 11.3 Å². The number of rotatable bonds is 7. The van der Waals surface area contributed by atoms with Crippen molar-refractivity contribution in [3.8, 4) is 0 Å². The van der Waals surface area contributed by atoms with E-state index in [9.17, 15) is 5.11 Å². The fraction of sp³-hybridized carbons (Fsp3) is 0.789. The molecule has 2 aliphatic rings. The zero-order valence-corrected chi connectivity index (χ0v) is 16.1. The standard InChI is InChI=1S/C19H33N3OS/c1-20(2)11-12-21(14-17-7-13-24-15-17)16-19(23)8-5-10-22-9-4-3-6-18(19)22/h7,13,15,18,23H,3-6,8-12,14,16H2,1-2H3/t18-,19-/m1/s1. The van der Waals surface area contributed by atoms with Crippen molar-refractivity contribution in [3.05, 3.63) is 22.4 Å². The molecule has 3 heterocycles. The zero-order valence-electron chi connectivity index (χ0n) is 15.3. The Kier molecular flexibility index (Phi) is 6.33. The molecule has 2 fully saturated rings. The van der Waals surface area contributed by atoms with Gasteiger partial charge in [-0.1, -0.05) is 6.42 Å². The second kappa shape index (κ2) is 8.28. The van der Waals surface area contributed by atoms with E-state index in [0.29, 0.717) is 6.04 Å². The molecule has 136 valence electrons. The molecule has 1 aromatic rings. The Bertz CT molecular complexity index is 491. The molecule has 4 nitrogen and oxygen atoms in total. The van der Waals surface area contributed by atoms with Crippen LogP contribution in [0.3, 0.4) is 0 Å². The van der Waals surface area contributed by atoms with E-state index in [1.807, 2.05) is 0 Å². The molecule has 0 saturated carbocycles. The Balaban J connectivity index is 1.69. The molecule has 3 rings (SSSR count). The normalized spacial score (nSPS) is 28.5. The number of piperidine rings is 2. The van der Waals surface area contributed by atoms with Gasteiger partial charge in [0.15, 0.2) is 0 Å². The molecule has 0 bridgehead atoms. The minimum atomic E-state index is -0.541. The lowest BCUT2D eigenvalue weighted by molar-refractivity contribution is -0.110. The van der Waals surface area contributed by atoms with Gasteiger partial charge in [0.05, 0.1) is 5.60 Å². The maximum absolute atomic E-state index is 11.5. The van der Waals surface area contributed by atoms with E-state index in [4.69, 9.17) is 0 Å². The SMILES string of the molecule is CN(C)CCN(Cc1ccsc1)C[C@]1(O)CCCN2CCCC[C@@H]21. The molecule has 0 radical (unpaired) electrons. The number of nitrogens with zero attached hydrogens (tertiary/aromatic N) is 3. The maximum atomic E-state index is 11.5. The first kappa shape index (κ1) is 18.3. The predicted octanol–water partition coefficient (Wildman–Crippen LogP) is 2.49. The van der Waals surface area contributed by atoms with E-state index < -0.39 is 5.60 Å². The molecule has 0 unspecified atom stereocenters. The molecule has 1 aromatic heterocycles. The lowest BCUT2D eigenvalue weighted by Crippen LogP contribution is -2.62. The Labute approximate surface area is 151 Å². The number of hydrogen-bond acceptors (Lipinski definition) is 5. The average Bonchev–Trinajstić information content (AvgIpc) is 3.06. The zero-order chi connectivity index (χ0) is 17.0. The highest BCUT2D eigenvalue weighted by molar-refractivity contribution is 7.07. The number of likely N-dealkylation sites (N-methyl/N-ethyl adjacent to an activating group) is 1. The molecule has 0 amide bonds. The number of hydrogen-bond donors (Lipinski definition) is 1. The van der Waals surface area contributed by atoms with Crippen LogP contribution >= 0.6 is 11.3 Å². The van der Waals surface area contributed by atoms with Gasteiger partial charge in [-0.05, 0) is 75.3 Å². The molecule has 0 spiro atoms. The summed E-state index contributed by atoms with van der Waals surface area (Å²) in [6, 6.07) is 2.58. The first-order valence-electron chi connectivity index (χ1n) is 9.41. The van der Waals surface area contributed by atoms with E-state index in [2.05, 4.69) is 45.6 Å². The summed E-state index contributed by atoms with van der Waals surface area (Å²) < 4.78 is 0. The van der Waals surface area contributed by atoms with Gasteiger partial charge in [-0.3, -0.25) is 9.80 Å². The molecule has 1 N–H and O–H groups in total. The van der Waals surface area contributed by atoms with Gasteiger partial charge >= 0.3 is 0 Å². The summed E-state index contributed by atoms with van der Waals surface area (Å²) in [6.45, 7) is 6.15. The van der Waals surface area contributed by atoms with Crippen molar-refractivity contribution in [1.82, 2.24) is 14.7 Å². The monoisotopic (exact) mass is 351 g/mol. The number of fused-ring (bicyclic) bond motifs is 1. The molecule has 24 heavy (non-hydrogen) atoms. The van der Waals surface area contributed by atoms with Crippen LogP contribution in [0.15, 0.2) is 16.8 Å². The summed E-state index contributed by atoms with van der Waals surface area (Å²) in [4.78, 5) is 7.26. The predicted molar refractivity (Wildman–Crippen MR) is 102 cm³/mol. The largest absolute Gasteiger partial charge is 0.387 e. The third kappa shape index (κ3) is 4.58. The third-order valence-electron chi connectivity index (χ3n) is 5.64. The highest BCUT2D eigenvalue weighted by Crippen LogP contribution is 2.35. The van der Waals surface area contributed by atoms with Crippen molar-refractivity contribution in [2.45, 2.75) is 50.3 Å². The number of thiophene rings is 1. The highest BCUT2D eigenvalue weighted by atomic mass is 32.1. The molecule has 0 aliphatic carbocycles. The van der Waals surface area contributed by atoms with Crippen LogP contribution in [-0.4, -0.2) is 78.3 Å². The molecule has 2 atom stereocenters. The molecule has 0 aromatic carbocycles. The van der Waals surface area contributed by atoms with Gasteiger partial charge in [0.2, 0.25) is 0 Å². The maximum Gasteiger partial charge on any atom is 0.0928 e. The third-order valence-corrected chi connectivity index (χ3v) is 6.37. The van der Waals surface area contributed by atoms with Crippen LogP contribution in [0, 0.1) is 0 Å². The van der Waals surface area contributed by atoms with Gasteiger partial charge in [-0.25, -0.2) is 0 Å². The first-order chi connectivity index (χ1) is 11.6.